The van der Waals surface area contributed by atoms with Gasteiger partial charge in [-0.3, -0.25) is 0 Å². The third kappa shape index (κ3) is 2.82. The number of rotatable bonds is 5. The molecule has 0 radical (unpaired) electrons. The van der Waals surface area contributed by atoms with Gasteiger partial charge in [-0.15, -0.1) is 11.3 Å². The van der Waals surface area contributed by atoms with Crippen LogP contribution >= 0.6 is 11.3 Å². The van der Waals surface area contributed by atoms with E-state index in [9.17, 15) is 4.79 Å². The van der Waals surface area contributed by atoms with E-state index in [2.05, 4.69) is 15.3 Å². The molecule has 17 heavy (non-hydrogen) atoms. The number of thiazole rings is 1. The number of carboxylic acids is 1. The highest BCUT2D eigenvalue weighted by Gasteiger charge is 2.09. The van der Waals surface area contributed by atoms with Gasteiger partial charge in [0.25, 0.3) is 0 Å². The summed E-state index contributed by atoms with van der Waals surface area (Å²) in [7, 11) is 0. The molecule has 0 bridgehead atoms. The average Bonchev–Trinajstić information content (AvgIpc) is 2.95. The number of nitrogens with zero attached hydrogens (tertiary/aromatic N) is 2. The molecule has 2 aromatic heterocycles. The van der Waals surface area contributed by atoms with Gasteiger partial charge in [0.2, 0.25) is 5.89 Å². The zero-order valence-corrected chi connectivity index (χ0v) is 9.95. The highest BCUT2D eigenvalue weighted by molar-refractivity contribution is 7.13. The highest BCUT2D eigenvalue weighted by Crippen LogP contribution is 2.16. The van der Waals surface area contributed by atoms with E-state index in [-0.39, 0.29) is 5.69 Å². The molecule has 2 rings (SSSR count). The molecule has 0 saturated carbocycles. The van der Waals surface area contributed by atoms with E-state index < -0.39 is 5.97 Å². The Morgan fingerprint density at radius 3 is 3.06 bits per heavy atom. The van der Waals surface area contributed by atoms with Crippen LogP contribution in [0.25, 0.3) is 0 Å². The van der Waals surface area contributed by atoms with Crippen LogP contribution in [-0.2, 0) is 13.0 Å². The van der Waals surface area contributed by atoms with Crippen molar-refractivity contribution in [3.63, 3.8) is 0 Å². The SMILES string of the molecule is CCc1cnc(CNc2nc(C(=O)O)cs2)o1. The minimum atomic E-state index is -1.03. The first kappa shape index (κ1) is 11.6. The number of nitrogens with one attached hydrogen (secondary N) is 1. The Bertz CT molecular complexity index is 520. The number of aryl methyl sites for hydroxylation is 1. The van der Waals surface area contributed by atoms with Crippen molar-refractivity contribution in [2.24, 2.45) is 0 Å². The summed E-state index contributed by atoms with van der Waals surface area (Å²) in [4.78, 5) is 18.6. The quantitative estimate of drug-likeness (QED) is 0.847. The Labute approximate surface area is 101 Å². The van der Waals surface area contributed by atoms with Crippen LogP contribution in [0.3, 0.4) is 0 Å². The van der Waals surface area contributed by atoms with Crippen molar-refractivity contribution in [1.29, 1.82) is 0 Å². The second-order valence-electron chi connectivity index (χ2n) is 3.27. The lowest BCUT2D eigenvalue weighted by molar-refractivity contribution is 0.0691. The molecule has 90 valence electrons. The van der Waals surface area contributed by atoms with Crippen molar-refractivity contribution in [3.05, 3.63) is 28.9 Å². The highest BCUT2D eigenvalue weighted by atomic mass is 32.1. The van der Waals surface area contributed by atoms with E-state index in [4.69, 9.17) is 9.52 Å². The first-order chi connectivity index (χ1) is 8.19. The summed E-state index contributed by atoms with van der Waals surface area (Å²) in [6, 6.07) is 0. The minimum Gasteiger partial charge on any atom is -0.476 e. The Morgan fingerprint density at radius 2 is 2.47 bits per heavy atom. The first-order valence-corrected chi connectivity index (χ1v) is 5.93. The maximum Gasteiger partial charge on any atom is 0.355 e. The maximum absolute atomic E-state index is 10.6. The smallest absolute Gasteiger partial charge is 0.355 e. The predicted molar refractivity (Wildman–Crippen MR) is 62.3 cm³/mol. The average molecular weight is 253 g/mol. The molecule has 0 spiro atoms. The molecule has 0 aliphatic carbocycles. The minimum absolute atomic E-state index is 0.0409. The Hall–Kier alpha value is -1.89. The Morgan fingerprint density at radius 1 is 1.65 bits per heavy atom. The molecule has 0 aromatic carbocycles. The summed E-state index contributed by atoms with van der Waals surface area (Å²) in [5.74, 6) is 0.361. The van der Waals surface area contributed by atoms with Gasteiger partial charge in [0.15, 0.2) is 10.8 Å². The standard InChI is InChI=1S/C10H11N3O3S/c1-2-6-3-11-8(16-6)4-12-10-13-7(5-17-10)9(14)15/h3,5H,2,4H2,1H3,(H,12,13)(H,14,15). The molecule has 2 aromatic rings. The zero-order valence-electron chi connectivity index (χ0n) is 9.14. The summed E-state index contributed by atoms with van der Waals surface area (Å²) in [6.45, 7) is 2.38. The van der Waals surface area contributed by atoms with Crippen molar-refractivity contribution >= 4 is 22.4 Å². The molecule has 0 saturated heterocycles. The van der Waals surface area contributed by atoms with Crippen molar-refractivity contribution in [2.75, 3.05) is 5.32 Å². The zero-order chi connectivity index (χ0) is 12.3. The van der Waals surface area contributed by atoms with Crippen LogP contribution in [0, 0.1) is 0 Å². The van der Waals surface area contributed by atoms with Crippen LogP contribution < -0.4 is 5.32 Å². The lowest BCUT2D eigenvalue weighted by Gasteiger charge is -1.97. The molecule has 0 fully saturated rings. The van der Waals surface area contributed by atoms with Crippen LogP contribution in [-0.4, -0.2) is 21.0 Å². The van der Waals surface area contributed by atoms with Crippen molar-refractivity contribution < 1.29 is 14.3 Å². The molecule has 6 nitrogen and oxygen atoms in total. The van der Waals surface area contributed by atoms with E-state index in [0.29, 0.717) is 17.6 Å². The number of aromatic nitrogens is 2. The summed E-state index contributed by atoms with van der Waals surface area (Å²) >= 11 is 1.24. The number of hydrogen-bond donors (Lipinski definition) is 2. The number of anilines is 1. The van der Waals surface area contributed by atoms with Gasteiger partial charge < -0.3 is 14.8 Å². The first-order valence-electron chi connectivity index (χ1n) is 5.05. The monoisotopic (exact) mass is 253 g/mol. The molecular weight excluding hydrogens is 242 g/mol. The number of oxazole rings is 1. The van der Waals surface area contributed by atoms with Gasteiger partial charge in [-0.1, -0.05) is 6.92 Å². The van der Waals surface area contributed by atoms with Crippen LogP contribution in [0.15, 0.2) is 16.0 Å². The van der Waals surface area contributed by atoms with Gasteiger partial charge in [-0.2, -0.15) is 0 Å². The number of carboxylic acid groups (broad SMARTS) is 1. The topological polar surface area (TPSA) is 88.2 Å². The van der Waals surface area contributed by atoms with Gasteiger partial charge in [0.1, 0.15) is 5.76 Å². The molecular formula is C10H11N3O3S. The van der Waals surface area contributed by atoms with E-state index in [1.165, 1.54) is 16.7 Å². The molecule has 0 unspecified atom stereocenters. The normalized spacial score (nSPS) is 10.4. The number of hydrogen-bond acceptors (Lipinski definition) is 6. The van der Waals surface area contributed by atoms with Gasteiger partial charge in [-0.05, 0) is 0 Å². The third-order valence-corrected chi connectivity index (χ3v) is 2.86. The van der Waals surface area contributed by atoms with Crippen LogP contribution in [0.1, 0.15) is 29.1 Å². The van der Waals surface area contributed by atoms with E-state index in [1.807, 2.05) is 6.92 Å². The fourth-order valence-corrected chi connectivity index (χ4v) is 1.88. The van der Waals surface area contributed by atoms with E-state index in [0.717, 1.165) is 12.2 Å². The molecule has 0 atom stereocenters. The third-order valence-electron chi connectivity index (χ3n) is 2.06. The molecule has 2 N–H and O–H groups in total. The molecule has 0 aliphatic rings. The van der Waals surface area contributed by atoms with Gasteiger partial charge in [0, 0.05) is 11.8 Å². The number of aromatic carboxylic acids is 1. The maximum atomic E-state index is 10.6. The summed E-state index contributed by atoms with van der Waals surface area (Å²) in [5.41, 5.74) is 0.0409. The van der Waals surface area contributed by atoms with Gasteiger partial charge in [0.05, 0.1) is 12.7 Å². The molecule has 2 heterocycles. The van der Waals surface area contributed by atoms with Crippen LogP contribution in [0.4, 0.5) is 5.13 Å². The fourth-order valence-electron chi connectivity index (χ4n) is 1.20. The number of carbonyl (C=O) groups is 1. The summed E-state index contributed by atoms with van der Waals surface area (Å²) < 4.78 is 5.40. The Kier molecular flexibility index (Phi) is 3.38. The predicted octanol–water partition coefficient (Wildman–Crippen LogP) is 2.00. The second kappa shape index (κ2) is 4.96. The summed E-state index contributed by atoms with van der Waals surface area (Å²) in [5, 5.41) is 13.7. The molecule has 7 heteroatoms. The van der Waals surface area contributed by atoms with Gasteiger partial charge >= 0.3 is 5.97 Å². The van der Waals surface area contributed by atoms with Gasteiger partial charge in [-0.25, -0.2) is 14.8 Å². The Balaban J connectivity index is 1.94. The molecule has 0 amide bonds. The van der Waals surface area contributed by atoms with E-state index in [1.54, 1.807) is 6.20 Å². The second-order valence-corrected chi connectivity index (χ2v) is 4.13. The van der Waals surface area contributed by atoms with Crippen molar-refractivity contribution in [1.82, 2.24) is 9.97 Å². The van der Waals surface area contributed by atoms with E-state index >= 15 is 0 Å². The fraction of sp³-hybridized carbons (Fsp3) is 0.300. The largest absolute Gasteiger partial charge is 0.476 e. The van der Waals surface area contributed by atoms with Crippen LogP contribution in [0.2, 0.25) is 0 Å². The van der Waals surface area contributed by atoms with Crippen molar-refractivity contribution in [2.45, 2.75) is 19.9 Å². The lowest BCUT2D eigenvalue weighted by Crippen LogP contribution is -2.01. The lowest BCUT2D eigenvalue weighted by atomic mass is 10.4. The van der Waals surface area contributed by atoms with Crippen molar-refractivity contribution in [3.8, 4) is 0 Å². The molecule has 0 aliphatic heterocycles. The summed E-state index contributed by atoms with van der Waals surface area (Å²) in [6.07, 6.45) is 2.48. The van der Waals surface area contributed by atoms with Crippen LogP contribution in [0.5, 0.6) is 0 Å².